The summed E-state index contributed by atoms with van der Waals surface area (Å²) in [5.41, 5.74) is 15.6. The standard InChI is InChI=1S/C16H17N7O/c17-5-1-2-6-23-16-13(15(18)19-8-20-16)14(22-23)10-3-4-12-11(7-10)21-9-24-12/h3-4,7-9H,1-2,5-6,17H2,(H2,18,19,20). The van der Waals surface area contributed by atoms with Crippen molar-refractivity contribution in [1.82, 2.24) is 24.7 Å². The van der Waals surface area contributed by atoms with Crippen LogP contribution in [-0.4, -0.2) is 31.3 Å². The first-order valence-electron chi connectivity index (χ1n) is 7.78. The minimum atomic E-state index is 0.417. The van der Waals surface area contributed by atoms with E-state index in [0.29, 0.717) is 12.4 Å². The summed E-state index contributed by atoms with van der Waals surface area (Å²) in [6.45, 7) is 1.39. The number of hydrogen-bond acceptors (Lipinski definition) is 7. The van der Waals surface area contributed by atoms with Crippen LogP contribution in [0, 0.1) is 0 Å². The largest absolute Gasteiger partial charge is 0.443 e. The van der Waals surface area contributed by atoms with Crippen LogP contribution in [0.1, 0.15) is 12.8 Å². The molecule has 0 amide bonds. The monoisotopic (exact) mass is 323 g/mol. The number of hydrogen-bond donors (Lipinski definition) is 2. The Balaban J connectivity index is 1.87. The summed E-state index contributed by atoms with van der Waals surface area (Å²) >= 11 is 0. The van der Waals surface area contributed by atoms with E-state index < -0.39 is 0 Å². The fraction of sp³-hybridized carbons (Fsp3) is 0.250. The quantitative estimate of drug-likeness (QED) is 0.538. The average molecular weight is 323 g/mol. The van der Waals surface area contributed by atoms with E-state index in [1.54, 1.807) is 0 Å². The van der Waals surface area contributed by atoms with Gasteiger partial charge in [-0.05, 0) is 37.6 Å². The summed E-state index contributed by atoms with van der Waals surface area (Å²) < 4.78 is 7.16. The molecule has 0 aliphatic heterocycles. The fourth-order valence-electron chi connectivity index (χ4n) is 2.80. The van der Waals surface area contributed by atoms with Crippen molar-refractivity contribution in [3.63, 3.8) is 0 Å². The molecule has 4 aromatic rings. The fourth-order valence-corrected chi connectivity index (χ4v) is 2.80. The molecule has 0 atom stereocenters. The molecule has 4 rings (SSSR count). The molecule has 0 spiro atoms. The van der Waals surface area contributed by atoms with E-state index in [9.17, 15) is 0 Å². The summed E-state index contributed by atoms with van der Waals surface area (Å²) in [6, 6.07) is 5.74. The zero-order valence-corrected chi connectivity index (χ0v) is 13.0. The molecule has 0 aliphatic carbocycles. The normalized spacial score (nSPS) is 11.5. The third-order valence-corrected chi connectivity index (χ3v) is 3.99. The van der Waals surface area contributed by atoms with E-state index >= 15 is 0 Å². The van der Waals surface area contributed by atoms with E-state index in [2.05, 4.69) is 15.0 Å². The van der Waals surface area contributed by atoms with Gasteiger partial charge in [-0.2, -0.15) is 5.10 Å². The summed E-state index contributed by atoms with van der Waals surface area (Å²) in [6.07, 6.45) is 4.75. The highest BCUT2D eigenvalue weighted by atomic mass is 16.3. The number of unbranched alkanes of at least 4 members (excludes halogenated alkanes) is 1. The third kappa shape index (κ3) is 2.37. The number of nitrogens with zero attached hydrogens (tertiary/aromatic N) is 5. The number of nitrogens with two attached hydrogens (primary N) is 2. The molecule has 0 fully saturated rings. The maximum absolute atomic E-state index is 6.10. The maximum Gasteiger partial charge on any atom is 0.181 e. The molecule has 0 bridgehead atoms. The topological polar surface area (TPSA) is 122 Å². The molecule has 0 saturated carbocycles. The molecule has 0 radical (unpaired) electrons. The van der Waals surface area contributed by atoms with Crippen molar-refractivity contribution in [3.8, 4) is 11.3 Å². The molecule has 3 aromatic heterocycles. The van der Waals surface area contributed by atoms with Crippen LogP contribution >= 0.6 is 0 Å². The number of rotatable bonds is 5. The van der Waals surface area contributed by atoms with Crippen LogP contribution in [0.5, 0.6) is 0 Å². The minimum absolute atomic E-state index is 0.417. The molecule has 3 heterocycles. The van der Waals surface area contributed by atoms with Gasteiger partial charge in [0.1, 0.15) is 23.4 Å². The van der Waals surface area contributed by atoms with E-state index in [4.69, 9.17) is 21.0 Å². The lowest BCUT2D eigenvalue weighted by Crippen LogP contribution is -2.05. The minimum Gasteiger partial charge on any atom is -0.443 e. The highest BCUT2D eigenvalue weighted by Crippen LogP contribution is 2.31. The van der Waals surface area contributed by atoms with Crippen LogP contribution in [0.2, 0.25) is 0 Å². The zero-order chi connectivity index (χ0) is 16.5. The van der Waals surface area contributed by atoms with Gasteiger partial charge in [-0.15, -0.1) is 0 Å². The third-order valence-electron chi connectivity index (χ3n) is 3.99. The number of nitrogen functional groups attached to an aromatic ring is 1. The number of aromatic nitrogens is 5. The molecule has 8 heteroatoms. The first-order chi connectivity index (χ1) is 11.8. The Morgan fingerprint density at radius 2 is 2.04 bits per heavy atom. The summed E-state index contributed by atoms with van der Waals surface area (Å²) in [7, 11) is 0. The SMILES string of the molecule is NCCCCn1nc(-c2ccc3ocnc3c2)c2c(N)ncnc21. The molecule has 0 unspecified atom stereocenters. The summed E-state index contributed by atoms with van der Waals surface area (Å²) in [5, 5.41) is 5.48. The van der Waals surface area contributed by atoms with Gasteiger partial charge in [-0.1, -0.05) is 0 Å². The van der Waals surface area contributed by atoms with Gasteiger partial charge in [-0.3, -0.25) is 0 Å². The second kappa shape index (κ2) is 5.89. The number of aryl methyl sites for hydroxylation is 1. The van der Waals surface area contributed by atoms with Crippen LogP contribution in [0.15, 0.2) is 35.3 Å². The van der Waals surface area contributed by atoms with Crippen molar-refractivity contribution >= 4 is 28.0 Å². The highest BCUT2D eigenvalue weighted by Gasteiger charge is 2.17. The van der Waals surface area contributed by atoms with Gasteiger partial charge < -0.3 is 15.9 Å². The van der Waals surface area contributed by atoms with Gasteiger partial charge in [-0.25, -0.2) is 19.6 Å². The van der Waals surface area contributed by atoms with Crippen molar-refractivity contribution in [2.24, 2.45) is 5.73 Å². The molecular formula is C16H17N7O. The first-order valence-corrected chi connectivity index (χ1v) is 7.78. The second-order valence-corrected chi connectivity index (χ2v) is 5.56. The Bertz CT molecular complexity index is 1000. The van der Waals surface area contributed by atoms with Crippen molar-refractivity contribution in [3.05, 3.63) is 30.9 Å². The van der Waals surface area contributed by atoms with Crippen molar-refractivity contribution in [1.29, 1.82) is 0 Å². The number of benzene rings is 1. The molecule has 24 heavy (non-hydrogen) atoms. The van der Waals surface area contributed by atoms with Crippen LogP contribution in [0.3, 0.4) is 0 Å². The van der Waals surface area contributed by atoms with E-state index in [1.165, 1.54) is 12.7 Å². The van der Waals surface area contributed by atoms with Gasteiger partial charge in [0.05, 0.1) is 5.39 Å². The van der Waals surface area contributed by atoms with E-state index in [-0.39, 0.29) is 0 Å². The Hall–Kier alpha value is -3.00. The summed E-state index contributed by atoms with van der Waals surface area (Å²) in [5.74, 6) is 0.417. The molecule has 0 saturated heterocycles. The van der Waals surface area contributed by atoms with Crippen molar-refractivity contribution in [2.45, 2.75) is 19.4 Å². The van der Waals surface area contributed by atoms with Crippen molar-refractivity contribution < 1.29 is 4.42 Å². The van der Waals surface area contributed by atoms with Crippen LogP contribution in [0.25, 0.3) is 33.4 Å². The predicted octanol–water partition coefficient (Wildman–Crippen LogP) is 1.96. The number of oxazole rings is 1. The number of fused-ring (bicyclic) bond motifs is 2. The molecule has 8 nitrogen and oxygen atoms in total. The lowest BCUT2D eigenvalue weighted by Gasteiger charge is -2.01. The molecule has 1 aromatic carbocycles. The van der Waals surface area contributed by atoms with E-state index in [1.807, 2.05) is 22.9 Å². The zero-order valence-electron chi connectivity index (χ0n) is 13.0. The Labute approximate surface area is 137 Å². The predicted molar refractivity (Wildman–Crippen MR) is 91.0 cm³/mol. The van der Waals surface area contributed by atoms with Crippen LogP contribution in [0.4, 0.5) is 5.82 Å². The van der Waals surface area contributed by atoms with Gasteiger partial charge in [0.25, 0.3) is 0 Å². The smallest absolute Gasteiger partial charge is 0.181 e. The van der Waals surface area contributed by atoms with Crippen LogP contribution < -0.4 is 11.5 Å². The maximum atomic E-state index is 6.10. The Morgan fingerprint density at radius 1 is 1.12 bits per heavy atom. The van der Waals surface area contributed by atoms with Gasteiger partial charge >= 0.3 is 0 Å². The summed E-state index contributed by atoms with van der Waals surface area (Å²) in [4.78, 5) is 12.7. The van der Waals surface area contributed by atoms with Gasteiger partial charge in [0.2, 0.25) is 0 Å². The first kappa shape index (κ1) is 14.6. The average Bonchev–Trinajstić information content (AvgIpc) is 3.20. The Morgan fingerprint density at radius 3 is 2.92 bits per heavy atom. The molecular weight excluding hydrogens is 306 g/mol. The van der Waals surface area contributed by atoms with Crippen molar-refractivity contribution in [2.75, 3.05) is 12.3 Å². The molecule has 0 aliphatic rings. The van der Waals surface area contributed by atoms with Gasteiger partial charge in [0, 0.05) is 12.1 Å². The van der Waals surface area contributed by atoms with E-state index in [0.717, 1.165) is 52.8 Å². The number of anilines is 1. The van der Waals surface area contributed by atoms with Gasteiger partial charge in [0.15, 0.2) is 17.6 Å². The molecule has 4 N–H and O–H groups in total. The lowest BCUT2D eigenvalue weighted by molar-refractivity contribution is 0.574. The highest BCUT2D eigenvalue weighted by molar-refractivity contribution is 5.99. The van der Waals surface area contributed by atoms with Crippen LogP contribution in [-0.2, 0) is 6.54 Å². The second-order valence-electron chi connectivity index (χ2n) is 5.56. The Kier molecular flexibility index (Phi) is 3.58. The molecule has 122 valence electrons. The lowest BCUT2D eigenvalue weighted by atomic mass is 10.1.